The lowest BCUT2D eigenvalue weighted by molar-refractivity contribution is -0.122. The summed E-state index contributed by atoms with van der Waals surface area (Å²) in [6, 6.07) is 5.48. The molecule has 0 atom stereocenters. The number of ketones is 1. The molecule has 0 unspecified atom stereocenters. The van der Waals surface area contributed by atoms with Crippen LogP contribution >= 0.6 is 0 Å². The summed E-state index contributed by atoms with van der Waals surface area (Å²) in [6.07, 6.45) is 0. The Morgan fingerprint density at radius 3 is 2.52 bits per heavy atom. The maximum atomic E-state index is 11.7. The molecule has 0 radical (unpaired) electrons. The Morgan fingerprint density at radius 1 is 1.33 bits per heavy atom. The Bertz CT molecular complexity index is 512. The first-order valence-electron chi connectivity index (χ1n) is 6.99. The molecule has 0 aliphatic heterocycles. The summed E-state index contributed by atoms with van der Waals surface area (Å²) < 4.78 is 5.31. The van der Waals surface area contributed by atoms with Gasteiger partial charge < -0.3 is 10.1 Å². The average Bonchev–Trinajstić information content (AvgIpc) is 2.37. The summed E-state index contributed by atoms with van der Waals surface area (Å²) in [5.74, 6) is 0.712. The number of benzene rings is 1. The molecule has 0 saturated heterocycles. The lowest BCUT2D eigenvalue weighted by atomic mass is 10.1. The minimum Gasteiger partial charge on any atom is -0.496 e. The van der Waals surface area contributed by atoms with Gasteiger partial charge in [0.25, 0.3) is 0 Å². The van der Waals surface area contributed by atoms with Crippen molar-refractivity contribution in [2.24, 2.45) is 0 Å². The third-order valence-electron chi connectivity index (χ3n) is 2.99. The minimum absolute atomic E-state index is 0.0131. The number of likely N-dealkylation sites (N-methyl/N-ethyl adjacent to an activating group) is 1. The van der Waals surface area contributed by atoms with Gasteiger partial charge in [-0.15, -0.1) is 0 Å². The predicted octanol–water partition coefficient (Wildman–Crippen LogP) is 1.85. The molecule has 0 saturated carbocycles. The number of methoxy groups -OCH3 is 1. The number of Topliss-reactive ketones (excluding diaryl/α,β-unsaturated/α-hetero) is 1. The van der Waals surface area contributed by atoms with E-state index in [1.807, 2.05) is 31.9 Å². The highest BCUT2D eigenvalue weighted by Gasteiger charge is 2.12. The summed E-state index contributed by atoms with van der Waals surface area (Å²) in [6.45, 7) is 6.22. The standard InChI is InChI=1S/C16H24N2O3/c1-11(2)17-16(20)10-18(4)9-14-8-13(12(3)19)6-7-15(14)21-5/h6-8,11H,9-10H2,1-5H3,(H,17,20). The van der Waals surface area contributed by atoms with Gasteiger partial charge in [-0.25, -0.2) is 0 Å². The van der Waals surface area contributed by atoms with Crippen molar-refractivity contribution < 1.29 is 14.3 Å². The molecule has 0 fully saturated rings. The monoisotopic (exact) mass is 292 g/mol. The molecule has 1 N–H and O–H groups in total. The third kappa shape index (κ3) is 5.55. The van der Waals surface area contributed by atoms with E-state index in [9.17, 15) is 9.59 Å². The van der Waals surface area contributed by atoms with Gasteiger partial charge in [0.1, 0.15) is 5.75 Å². The van der Waals surface area contributed by atoms with Crippen molar-refractivity contribution in [3.05, 3.63) is 29.3 Å². The van der Waals surface area contributed by atoms with Gasteiger partial charge in [-0.05, 0) is 46.0 Å². The van der Waals surface area contributed by atoms with Crippen LogP contribution in [0.1, 0.15) is 36.7 Å². The number of carbonyl (C=O) groups excluding carboxylic acids is 2. The number of ether oxygens (including phenoxy) is 1. The SMILES string of the molecule is COc1ccc(C(C)=O)cc1CN(C)CC(=O)NC(C)C. The second kappa shape index (κ2) is 7.78. The van der Waals surface area contributed by atoms with E-state index in [1.54, 1.807) is 19.2 Å². The van der Waals surface area contributed by atoms with E-state index < -0.39 is 0 Å². The van der Waals surface area contributed by atoms with E-state index in [-0.39, 0.29) is 17.7 Å². The van der Waals surface area contributed by atoms with Crippen molar-refractivity contribution in [3.63, 3.8) is 0 Å². The molecule has 0 aromatic heterocycles. The van der Waals surface area contributed by atoms with Gasteiger partial charge in [0.2, 0.25) is 5.91 Å². The first kappa shape index (κ1) is 17.2. The molecular weight excluding hydrogens is 268 g/mol. The van der Waals surface area contributed by atoms with Crippen LogP contribution in [0.15, 0.2) is 18.2 Å². The van der Waals surface area contributed by atoms with E-state index in [0.29, 0.717) is 18.7 Å². The maximum absolute atomic E-state index is 11.7. The van der Waals surface area contributed by atoms with Crippen molar-refractivity contribution in [2.75, 3.05) is 20.7 Å². The number of amides is 1. The summed E-state index contributed by atoms with van der Waals surface area (Å²) in [7, 11) is 3.46. The van der Waals surface area contributed by atoms with Gasteiger partial charge in [0.15, 0.2) is 5.78 Å². The molecule has 0 heterocycles. The summed E-state index contributed by atoms with van der Waals surface area (Å²) in [4.78, 5) is 25.1. The van der Waals surface area contributed by atoms with Crippen molar-refractivity contribution in [3.8, 4) is 5.75 Å². The zero-order chi connectivity index (χ0) is 16.0. The smallest absolute Gasteiger partial charge is 0.234 e. The molecule has 0 aliphatic carbocycles. The highest BCUT2D eigenvalue weighted by molar-refractivity contribution is 5.94. The van der Waals surface area contributed by atoms with Gasteiger partial charge in [-0.1, -0.05) is 0 Å². The zero-order valence-electron chi connectivity index (χ0n) is 13.4. The lowest BCUT2D eigenvalue weighted by Crippen LogP contribution is -2.38. The Balaban J connectivity index is 2.78. The predicted molar refractivity (Wildman–Crippen MR) is 82.6 cm³/mol. The lowest BCUT2D eigenvalue weighted by Gasteiger charge is -2.19. The normalized spacial score (nSPS) is 10.8. The molecule has 1 aromatic carbocycles. The molecule has 5 heteroatoms. The van der Waals surface area contributed by atoms with Gasteiger partial charge in [-0.2, -0.15) is 0 Å². The van der Waals surface area contributed by atoms with Crippen LogP contribution < -0.4 is 10.1 Å². The quantitative estimate of drug-likeness (QED) is 0.779. The zero-order valence-corrected chi connectivity index (χ0v) is 13.4. The van der Waals surface area contributed by atoms with Crippen LogP contribution in [0.5, 0.6) is 5.75 Å². The molecule has 5 nitrogen and oxygen atoms in total. The van der Waals surface area contributed by atoms with Crippen molar-refractivity contribution >= 4 is 11.7 Å². The van der Waals surface area contributed by atoms with Crippen molar-refractivity contribution in [2.45, 2.75) is 33.4 Å². The average molecular weight is 292 g/mol. The summed E-state index contributed by atoms with van der Waals surface area (Å²) in [5, 5.41) is 2.85. The van der Waals surface area contributed by atoms with E-state index >= 15 is 0 Å². The number of rotatable bonds is 7. The minimum atomic E-state index is -0.0193. The van der Waals surface area contributed by atoms with Crippen LogP contribution in [0, 0.1) is 0 Å². The fourth-order valence-corrected chi connectivity index (χ4v) is 2.08. The van der Waals surface area contributed by atoms with Gasteiger partial charge in [0, 0.05) is 23.7 Å². The fourth-order valence-electron chi connectivity index (χ4n) is 2.08. The molecule has 0 aliphatic rings. The van der Waals surface area contributed by atoms with Crippen LogP contribution in [-0.2, 0) is 11.3 Å². The van der Waals surface area contributed by atoms with E-state index in [4.69, 9.17) is 4.74 Å². The maximum Gasteiger partial charge on any atom is 0.234 e. The van der Waals surface area contributed by atoms with Crippen molar-refractivity contribution in [1.29, 1.82) is 0 Å². The fraction of sp³-hybridized carbons (Fsp3) is 0.500. The molecule has 21 heavy (non-hydrogen) atoms. The second-order valence-corrected chi connectivity index (χ2v) is 5.48. The third-order valence-corrected chi connectivity index (χ3v) is 2.99. The van der Waals surface area contributed by atoms with E-state index in [0.717, 1.165) is 11.3 Å². The number of nitrogens with one attached hydrogen (secondary N) is 1. The topological polar surface area (TPSA) is 58.6 Å². The molecule has 1 amide bonds. The Morgan fingerprint density at radius 2 is 2.00 bits per heavy atom. The first-order chi connectivity index (χ1) is 9.83. The highest BCUT2D eigenvalue weighted by Crippen LogP contribution is 2.21. The van der Waals surface area contributed by atoms with Gasteiger partial charge >= 0.3 is 0 Å². The molecule has 0 bridgehead atoms. The molecule has 0 spiro atoms. The van der Waals surface area contributed by atoms with Crippen LogP contribution in [-0.4, -0.2) is 43.3 Å². The van der Waals surface area contributed by atoms with Gasteiger partial charge in [0.05, 0.1) is 13.7 Å². The molecule has 1 rings (SSSR count). The summed E-state index contributed by atoms with van der Waals surface area (Å²) in [5.41, 5.74) is 1.54. The largest absolute Gasteiger partial charge is 0.496 e. The van der Waals surface area contributed by atoms with Crippen LogP contribution in [0.3, 0.4) is 0 Å². The van der Waals surface area contributed by atoms with Crippen LogP contribution in [0.2, 0.25) is 0 Å². The second-order valence-electron chi connectivity index (χ2n) is 5.48. The Labute approximate surface area is 126 Å². The number of carbonyl (C=O) groups is 2. The van der Waals surface area contributed by atoms with Crippen LogP contribution in [0.25, 0.3) is 0 Å². The Kier molecular flexibility index (Phi) is 6.37. The van der Waals surface area contributed by atoms with Gasteiger partial charge in [-0.3, -0.25) is 14.5 Å². The molecule has 1 aromatic rings. The molecule has 116 valence electrons. The number of nitrogens with zero attached hydrogens (tertiary/aromatic N) is 1. The first-order valence-corrected chi connectivity index (χ1v) is 6.99. The number of hydrogen-bond donors (Lipinski definition) is 1. The van der Waals surface area contributed by atoms with E-state index in [1.165, 1.54) is 6.92 Å². The van der Waals surface area contributed by atoms with E-state index in [2.05, 4.69) is 5.32 Å². The molecular formula is C16H24N2O3. The highest BCUT2D eigenvalue weighted by atomic mass is 16.5. The van der Waals surface area contributed by atoms with Crippen LogP contribution in [0.4, 0.5) is 0 Å². The number of hydrogen-bond acceptors (Lipinski definition) is 4. The summed E-state index contributed by atoms with van der Waals surface area (Å²) >= 11 is 0. The van der Waals surface area contributed by atoms with Crippen molar-refractivity contribution in [1.82, 2.24) is 10.2 Å². The Hall–Kier alpha value is -1.88.